The molecule has 0 aromatic carbocycles. The van der Waals surface area contributed by atoms with Crippen LogP contribution in [0.3, 0.4) is 0 Å². The predicted molar refractivity (Wildman–Crippen MR) is 41.6 cm³/mol. The second-order valence-corrected chi connectivity index (χ2v) is 2.71. The van der Waals surface area contributed by atoms with E-state index >= 15 is 0 Å². The van der Waals surface area contributed by atoms with Crippen molar-refractivity contribution in [3.05, 3.63) is 0 Å². The minimum Gasteiger partial charge on any atom is -0.330 e. The molecule has 0 spiro atoms. The van der Waals surface area contributed by atoms with E-state index in [4.69, 9.17) is 25.8 Å². The van der Waals surface area contributed by atoms with Crippen LogP contribution >= 0.6 is 11.6 Å². The van der Waals surface area contributed by atoms with Gasteiger partial charge in [0.15, 0.2) is 0 Å². The highest BCUT2D eigenvalue weighted by Gasteiger charge is 2.25. The van der Waals surface area contributed by atoms with Crippen LogP contribution in [-0.2, 0) is 14.2 Å². The summed E-state index contributed by atoms with van der Waals surface area (Å²) in [7, 11) is 0. The average molecular weight is 181 g/mol. The Bertz CT molecular complexity index is 110. The molecule has 0 saturated carbocycles. The fourth-order valence-electron chi connectivity index (χ4n) is 0.804. The van der Waals surface area contributed by atoms with E-state index in [1.807, 2.05) is 6.92 Å². The lowest BCUT2D eigenvalue weighted by Crippen LogP contribution is -2.16. The molecule has 1 aliphatic rings. The number of hydrogen-bond donors (Lipinski definition) is 0. The molecule has 11 heavy (non-hydrogen) atoms. The Hall–Kier alpha value is 0.170. The zero-order valence-electron chi connectivity index (χ0n) is 6.59. The van der Waals surface area contributed by atoms with Gasteiger partial charge in [-0.05, 0) is 6.42 Å². The molecule has 2 atom stereocenters. The Morgan fingerprint density at radius 3 is 3.00 bits per heavy atom. The van der Waals surface area contributed by atoms with Gasteiger partial charge >= 0.3 is 0 Å². The zero-order chi connectivity index (χ0) is 8.10. The SMILES string of the molecule is CCCO[C@@H]1OC[C@H](CCl)O1. The van der Waals surface area contributed by atoms with Gasteiger partial charge in [-0.3, -0.25) is 0 Å². The zero-order valence-corrected chi connectivity index (χ0v) is 7.34. The highest BCUT2D eigenvalue weighted by molar-refractivity contribution is 6.18. The van der Waals surface area contributed by atoms with Gasteiger partial charge in [0, 0.05) is 0 Å². The first kappa shape index (κ1) is 9.26. The van der Waals surface area contributed by atoms with Gasteiger partial charge in [0.1, 0.15) is 6.10 Å². The van der Waals surface area contributed by atoms with Crippen LogP contribution in [0, 0.1) is 0 Å². The molecule has 1 rings (SSSR count). The van der Waals surface area contributed by atoms with Gasteiger partial charge < -0.3 is 14.2 Å². The molecule has 0 unspecified atom stereocenters. The molecule has 0 amide bonds. The lowest BCUT2D eigenvalue weighted by molar-refractivity contribution is -0.235. The van der Waals surface area contributed by atoms with Crippen molar-refractivity contribution in [3.63, 3.8) is 0 Å². The summed E-state index contributed by atoms with van der Waals surface area (Å²) in [6.45, 7) is 2.75. The molecule has 4 heteroatoms. The monoisotopic (exact) mass is 180 g/mol. The molecule has 0 N–H and O–H groups in total. The Balaban J connectivity index is 2.09. The van der Waals surface area contributed by atoms with Crippen molar-refractivity contribution in [3.8, 4) is 0 Å². The molecule has 0 radical (unpaired) electrons. The van der Waals surface area contributed by atoms with E-state index in [1.165, 1.54) is 0 Å². The minimum atomic E-state index is -0.487. The van der Waals surface area contributed by atoms with Gasteiger partial charge in [0.2, 0.25) is 0 Å². The van der Waals surface area contributed by atoms with Gasteiger partial charge in [-0.15, -0.1) is 11.6 Å². The first-order valence-electron chi connectivity index (χ1n) is 3.81. The summed E-state index contributed by atoms with van der Waals surface area (Å²) in [6.07, 6.45) is 0.966. The molecule has 0 aliphatic carbocycles. The molecular formula is C7H13ClO3. The number of halogens is 1. The smallest absolute Gasteiger partial charge is 0.272 e. The molecule has 1 fully saturated rings. The van der Waals surface area contributed by atoms with E-state index in [-0.39, 0.29) is 6.10 Å². The van der Waals surface area contributed by atoms with Crippen molar-refractivity contribution in [2.24, 2.45) is 0 Å². The summed E-state index contributed by atoms with van der Waals surface area (Å²) >= 11 is 5.55. The van der Waals surface area contributed by atoms with Crippen LogP contribution < -0.4 is 0 Å². The standard InChI is InChI=1S/C7H13ClO3/c1-2-3-9-7-10-5-6(4-8)11-7/h6-7H,2-5H2,1H3/t6-,7+/m0/s1. The molecule has 0 aromatic heterocycles. The Morgan fingerprint density at radius 2 is 2.45 bits per heavy atom. The van der Waals surface area contributed by atoms with E-state index < -0.39 is 6.48 Å². The van der Waals surface area contributed by atoms with Crippen LogP contribution in [0.2, 0.25) is 0 Å². The van der Waals surface area contributed by atoms with Crippen LogP contribution in [0.1, 0.15) is 13.3 Å². The summed E-state index contributed by atoms with van der Waals surface area (Å²) in [4.78, 5) is 0. The Labute approximate surface area is 71.6 Å². The van der Waals surface area contributed by atoms with E-state index in [2.05, 4.69) is 0 Å². The highest BCUT2D eigenvalue weighted by atomic mass is 35.5. The second kappa shape index (κ2) is 4.93. The number of alkyl halides is 1. The van der Waals surface area contributed by atoms with E-state index in [0.29, 0.717) is 19.1 Å². The van der Waals surface area contributed by atoms with Crippen molar-refractivity contribution in [1.82, 2.24) is 0 Å². The Kier molecular flexibility index (Phi) is 4.15. The number of ether oxygens (including phenoxy) is 3. The van der Waals surface area contributed by atoms with Gasteiger partial charge in [-0.2, -0.15) is 0 Å². The number of hydrogen-bond acceptors (Lipinski definition) is 3. The molecule has 1 heterocycles. The maximum Gasteiger partial charge on any atom is 0.272 e. The first-order valence-corrected chi connectivity index (χ1v) is 4.35. The topological polar surface area (TPSA) is 27.7 Å². The lowest BCUT2D eigenvalue weighted by Gasteiger charge is -2.09. The van der Waals surface area contributed by atoms with Crippen molar-refractivity contribution in [2.45, 2.75) is 25.9 Å². The van der Waals surface area contributed by atoms with Crippen molar-refractivity contribution >= 4 is 11.6 Å². The average Bonchev–Trinajstić information content (AvgIpc) is 2.48. The van der Waals surface area contributed by atoms with Crippen molar-refractivity contribution < 1.29 is 14.2 Å². The third-order valence-electron chi connectivity index (χ3n) is 1.35. The molecule has 0 aromatic rings. The predicted octanol–water partition coefficient (Wildman–Crippen LogP) is 1.35. The van der Waals surface area contributed by atoms with Crippen LogP contribution in [-0.4, -0.2) is 31.7 Å². The number of rotatable bonds is 4. The highest BCUT2D eigenvalue weighted by Crippen LogP contribution is 2.13. The second-order valence-electron chi connectivity index (χ2n) is 2.41. The summed E-state index contributed by atoms with van der Waals surface area (Å²) < 4.78 is 15.5. The summed E-state index contributed by atoms with van der Waals surface area (Å²) in [5.74, 6) is 0.464. The van der Waals surface area contributed by atoms with Gasteiger partial charge in [0.05, 0.1) is 19.1 Å². The molecular weight excluding hydrogens is 168 g/mol. The summed E-state index contributed by atoms with van der Waals surface area (Å²) in [5, 5.41) is 0. The lowest BCUT2D eigenvalue weighted by atomic mass is 10.4. The summed E-state index contributed by atoms with van der Waals surface area (Å²) in [5.41, 5.74) is 0. The van der Waals surface area contributed by atoms with Crippen molar-refractivity contribution in [1.29, 1.82) is 0 Å². The van der Waals surface area contributed by atoms with E-state index in [9.17, 15) is 0 Å². The summed E-state index contributed by atoms with van der Waals surface area (Å²) in [6, 6.07) is 0. The maximum absolute atomic E-state index is 5.55. The van der Waals surface area contributed by atoms with Gasteiger partial charge in [-0.1, -0.05) is 6.92 Å². The van der Waals surface area contributed by atoms with E-state index in [1.54, 1.807) is 0 Å². The van der Waals surface area contributed by atoms with Crippen LogP contribution in [0.15, 0.2) is 0 Å². The largest absolute Gasteiger partial charge is 0.330 e. The molecule has 66 valence electrons. The normalized spacial score (nSPS) is 31.1. The fourth-order valence-corrected chi connectivity index (χ4v) is 0.966. The van der Waals surface area contributed by atoms with Crippen LogP contribution in [0.4, 0.5) is 0 Å². The van der Waals surface area contributed by atoms with Crippen LogP contribution in [0.25, 0.3) is 0 Å². The third kappa shape index (κ3) is 2.95. The van der Waals surface area contributed by atoms with Gasteiger partial charge in [-0.25, -0.2) is 0 Å². The maximum atomic E-state index is 5.55. The molecule has 0 bridgehead atoms. The van der Waals surface area contributed by atoms with E-state index in [0.717, 1.165) is 6.42 Å². The third-order valence-corrected chi connectivity index (χ3v) is 1.70. The first-order chi connectivity index (χ1) is 5.36. The van der Waals surface area contributed by atoms with Crippen molar-refractivity contribution in [2.75, 3.05) is 19.1 Å². The van der Waals surface area contributed by atoms with Crippen LogP contribution in [0.5, 0.6) is 0 Å². The quantitative estimate of drug-likeness (QED) is 0.612. The molecule has 3 nitrogen and oxygen atoms in total. The minimum absolute atomic E-state index is 0.00137. The molecule has 1 aliphatic heterocycles. The molecule has 1 saturated heterocycles. The Morgan fingerprint density at radius 1 is 1.64 bits per heavy atom. The van der Waals surface area contributed by atoms with Gasteiger partial charge in [0.25, 0.3) is 6.48 Å². The fraction of sp³-hybridized carbons (Fsp3) is 1.00.